The van der Waals surface area contributed by atoms with Gasteiger partial charge in [0.1, 0.15) is 0 Å². The van der Waals surface area contributed by atoms with Gasteiger partial charge in [0.25, 0.3) is 0 Å². The van der Waals surface area contributed by atoms with Gasteiger partial charge < -0.3 is 10.2 Å². The second kappa shape index (κ2) is 6.35. The molecule has 1 saturated carbocycles. The second-order valence-corrected chi connectivity index (χ2v) is 5.48. The van der Waals surface area contributed by atoms with Crippen LogP contribution in [0.15, 0.2) is 24.3 Å². The van der Waals surface area contributed by atoms with Gasteiger partial charge in [0.15, 0.2) is 0 Å². The van der Waals surface area contributed by atoms with E-state index in [1.807, 2.05) is 0 Å². The van der Waals surface area contributed by atoms with Gasteiger partial charge in [0, 0.05) is 25.2 Å². The first-order chi connectivity index (χ1) is 8.70. The molecule has 0 radical (unpaired) electrons. The van der Waals surface area contributed by atoms with Crippen LogP contribution in [-0.2, 0) is 6.42 Å². The normalized spacial score (nSPS) is 17.1. The Morgan fingerprint density at radius 1 is 1.28 bits per heavy atom. The third kappa shape index (κ3) is 3.82. The van der Waals surface area contributed by atoms with Crippen LogP contribution in [0.4, 0.5) is 0 Å². The molecule has 0 amide bonds. The van der Waals surface area contributed by atoms with Crippen LogP contribution in [0.5, 0.6) is 0 Å². The van der Waals surface area contributed by atoms with Crippen molar-refractivity contribution in [3.63, 3.8) is 0 Å². The third-order valence-electron chi connectivity index (χ3n) is 3.97. The molecule has 0 aromatic heterocycles. The smallest absolute Gasteiger partial charge is 0.0292 e. The molecule has 100 valence electrons. The summed E-state index contributed by atoms with van der Waals surface area (Å²) in [5.74, 6) is 0. The first kappa shape index (κ1) is 13.6. The number of benzene rings is 1. The lowest BCUT2D eigenvalue weighted by Gasteiger charge is -2.19. The monoisotopic (exact) mass is 246 g/mol. The van der Waals surface area contributed by atoms with E-state index in [9.17, 15) is 0 Å². The Morgan fingerprint density at radius 2 is 1.94 bits per heavy atom. The van der Waals surface area contributed by atoms with Gasteiger partial charge in [-0.05, 0) is 44.4 Å². The zero-order chi connectivity index (χ0) is 13.0. The molecule has 0 aliphatic heterocycles. The predicted molar refractivity (Wildman–Crippen MR) is 77.9 cm³/mol. The highest BCUT2D eigenvalue weighted by molar-refractivity contribution is 5.24. The van der Waals surface area contributed by atoms with Crippen LogP contribution in [0.1, 0.15) is 43.9 Å². The van der Waals surface area contributed by atoms with Gasteiger partial charge >= 0.3 is 0 Å². The summed E-state index contributed by atoms with van der Waals surface area (Å²) in [5.41, 5.74) is 2.81. The van der Waals surface area contributed by atoms with Gasteiger partial charge in [0.05, 0.1) is 0 Å². The molecule has 1 unspecified atom stereocenters. The topological polar surface area (TPSA) is 15.3 Å². The quantitative estimate of drug-likeness (QED) is 0.795. The Labute approximate surface area is 111 Å². The van der Waals surface area contributed by atoms with Gasteiger partial charge in [0.2, 0.25) is 0 Å². The van der Waals surface area contributed by atoms with Crippen molar-refractivity contribution in [2.75, 3.05) is 20.1 Å². The van der Waals surface area contributed by atoms with E-state index in [4.69, 9.17) is 0 Å². The van der Waals surface area contributed by atoms with Crippen molar-refractivity contribution in [3.05, 3.63) is 35.4 Å². The van der Waals surface area contributed by atoms with Crippen LogP contribution in [-0.4, -0.2) is 31.1 Å². The summed E-state index contributed by atoms with van der Waals surface area (Å²) in [6, 6.07) is 10.3. The molecule has 0 saturated heterocycles. The average molecular weight is 246 g/mol. The maximum Gasteiger partial charge on any atom is 0.0292 e. The van der Waals surface area contributed by atoms with Gasteiger partial charge in [-0.1, -0.05) is 31.2 Å². The Bertz CT molecular complexity index is 354. The number of hydrogen-bond donors (Lipinski definition) is 1. The van der Waals surface area contributed by atoms with Crippen LogP contribution in [0.3, 0.4) is 0 Å². The number of nitrogens with zero attached hydrogens (tertiary/aromatic N) is 1. The van der Waals surface area contributed by atoms with Crippen molar-refractivity contribution in [3.8, 4) is 0 Å². The summed E-state index contributed by atoms with van der Waals surface area (Å²) in [7, 11) is 2.24. The molecular weight excluding hydrogens is 220 g/mol. The highest BCUT2D eigenvalue weighted by Crippen LogP contribution is 2.24. The molecular formula is C16H26N2. The van der Waals surface area contributed by atoms with Crippen molar-refractivity contribution < 1.29 is 0 Å². The summed E-state index contributed by atoms with van der Waals surface area (Å²) >= 11 is 0. The van der Waals surface area contributed by atoms with Crippen LogP contribution in [0.2, 0.25) is 0 Å². The second-order valence-electron chi connectivity index (χ2n) is 5.48. The molecule has 1 aliphatic carbocycles. The van der Waals surface area contributed by atoms with Gasteiger partial charge in [-0.15, -0.1) is 0 Å². The first-order valence-electron chi connectivity index (χ1n) is 7.23. The number of hydrogen-bond acceptors (Lipinski definition) is 2. The van der Waals surface area contributed by atoms with Crippen LogP contribution < -0.4 is 5.32 Å². The third-order valence-corrected chi connectivity index (χ3v) is 3.97. The molecule has 1 aliphatic rings. The molecule has 18 heavy (non-hydrogen) atoms. The maximum atomic E-state index is 3.61. The minimum atomic E-state index is 0.448. The minimum absolute atomic E-state index is 0.448. The van der Waals surface area contributed by atoms with E-state index < -0.39 is 0 Å². The summed E-state index contributed by atoms with van der Waals surface area (Å²) < 4.78 is 0. The van der Waals surface area contributed by atoms with E-state index in [0.717, 1.165) is 25.6 Å². The lowest BCUT2D eigenvalue weighted by Crippen LogP contribution is -2.31. The van der Waals surface area contributed by atoms with E-state index in [1.54, 1.807) is 0 Å². The SMILES string of the molecule is CCc1ccc(C(C)NCCN(C)C2CC2)cc1. The van der Waals surface area contributed by atoms with Crippen molar-refractivity contribution in [2.45, 2.75) is 45.2 Å². The average Bonchev–Trinajstić information content (AvgIpc) is 3.23. The molecule has 2 rings (SSSR count). The maximum absolute atomic E-state index is 3.61. The van der Waals surface area contributed by atoms with E-state index in [2.05, 4.69) is 55.4 Å². The van der Waals surface area contributed by atoms with E-state index in [1.165, 1.54) is 24.0 Å². The molecule has 1 aromatic rings. The van der Waals surface area contributed by atoms with E-state index >= 15 is 0 Å². The molecule has 1 N–H and O–H groups in total. The van der Waals surface area contributed by atoms with Gasteiger partial charge in [-0.25, -0.2) is 0 Å². The molecule has 1 fully saturated rings. The zero-order valence-electron chi connectivity index (χ0n) is 11.9. The lowest BCUT2D eigenvalue weighted by molar-refractivity contribution is 0.316. The Balaban J connectivity index is 1.73. The molecule has 1 atom stereocenters. The molecule has 0 spiro atoms. The van der Waals surface area contributed by atoms with Crippen molar-refractivity contribution in [1.82, 2.24) is 10.2 Å². The fraction of sp³-hybridized carbons (Fsp3) is 0.625. The minimum Gasteiger partial charge on any atom is -0.309 e. The Hall–Kier alpha value is -0.860. The summed E-state index contributed by atoms with van der Waals surface area (Å²) in [6.45, 7) is 6.67. The van der Waals surface area contributed by atoms with E-state index in [-0.39, 0.29) is 0 Å². The van der Waals surface area contributed by atoms with Crippen molar-refractivity contribution in [1.29, 1.82) is 0 Å². The highest BCUT2D eigenvalue weighted by Gasteiger charge is 2.25. The molecule has 2 heteroatoms. The summed E-state index contributed by atoms with van der Waals surface area (Å²) in [5, 5.41) is 3.61. The van der Waals surface area contributed by atoms with E-state index in [0.29, 0.717) is 6.04 Å². The summed E-state index contributed by atoms with van der Waals surface area (Å²) in [4.78, 5) is 2.47. The molecule has 2 nitrogen and oxygen atoms in total. The predicted octanol–water partition coefficient (Wildman–Crippen LogP) is 2.99. The molecule has 1 aromatic carbocycles. The first-order valence-corrected chi connectivity index (χ1v) is 7.23. The van der Waals surface area contributed by atoms with Crippen LogP contribution >= 0.6 is 0 Å². The van der Waals surface area contributed by atoms with Crippen molar-refractivity contribution in [2.24, 2.45) is 0 Å². The Kier molecular flexibility index (Phi) is 4.79. The summed E-state index contributed by atoms with van der Waals surface area (Å²) in [6.07, 6.45) is 3.91. The fourth-order valence-electron chi connectivity index (χ4n) is 2.32. The van der Waals surface area contributed by atoms with Crippen LogP contribution in [0, 0.1) is 0 Å². The Morgan fingerprint density at radius 3 is 2.50 bits per heavy atom. The van der Waals surface area contributed by atoms with Crippen LogP contribution in [0.25, 0.3) is 0 Å². The van der Waals surface area contributed by atoms with Crippen molar-refractivity contribution >= 4 is 0 Å². The largest absolute Gasteiger partial charge is 0.309 e. The fourth-order valence-corrected chi connectivity index (χ4v) is 2.32. The number of aryl methyl sites for hydroxylation is 1. The molecule has 0 heterocycles. The number of nitrogens with one attached hydrogen (secondary N) is 1. The zero-order valence-corrected chi connectivity index (χ0v) is 11.9. The van der Waals surface area contributed by atoms with Gasteiger partial charge in [-0.3, -0.25) is 0 Å². The lowest BCUT2D eigenvalue weighted by atomic mass is 10.1. The number of likely N-dealkylation sites (N-methyl/N-ethyl adjacent to an activating group) is 1. The number of rotatable bonds is 7. The molecule has 0 bridgehead atoms. The standard InChI is InChI=1S/C16H26N2/c1-4-14-5-7-15(8-6-14)13(2)17-11-12-18(3)16-9-10-16/h5-8,13,16-17H,4,9-12H2,1-3H3. The highest BCUT2D eigenvalue weighted by atomic mass is 15.2. The van der Waals surface area contributed by atoms with Gasteiger partial charge in [-0.2, -0.15) is 0 Å².